The Morgan fingerprint density at radius 1 is 0.875 bits per heavy atom. The summed E-state index contributed by atoms with van der Waals surface area (Å²) >= 11 is 0. The highest BCUT2D eigenvalue weighted by molar-refractivity contribution is 5.84. The van der Waals surface area contributed by atoms with Crippen LogP contribution in [0.5, 0.6) is 0 Å². The predicted molar refractivity (Wildman–Crippen MR) is 177 cm³/mol. The molecule has 48 heavy (non-hydrogen) atoms. The molecule has 4 atom stereocenters. The molecule has 1 aliphatic rings. The molecular formula is C34H38N10O4. The van der Waals surface area contributed by atoms with Gasteiger partial charge in [-0.1, -0.05) is 72.7 Å². The van der Waals surface area contributed by atoms with Crippen LogP contribution in [-0.4, -0.2) is 74.7 Å². The van der Waals surface area contributed by atoms with E-state index in [1.165, 1.54) is 6.33 Å². The molecule has 0 unspecified atom stereocenters. The zero-order valence-corrected chi connectivity index (χ0v) is 26.7. The van der Waals surface area contributed by atoms with Crippen molar-refractivity contribution in [2.24, 2.45) is 7.05 Å². The van der Waals surface area contributed by atoms with E-state index in [0.29, 0.717) is 54.7 Å². The molecule has 0 spiro atoms. The molecule has 248 valence electrons. The van der Waals surface area contributed by atoms with E-state index in [1.807, 2.05) is 61.1 Å². The van der Waals surface area contributed by atoms with Gasteiger partial charge in [0.2, 0.25) is 5.95 Å². The van der Waals surface area contributed by atoms with Crippen molar-refractivity contribution in [1.29, 1.82) is 0 Å². The number of nitrogens with one attached hydrogen (secondary N) is 2. The van der Waals surface area contributed by atoms with Gasteiger partial charge in [-0.25, -0.2) is 9.97 Å². The van der Waals surface area contributed by atoms with E-state index >= 15 is 0 Å². The van der Waals surface area contributed by atoms with Gasteiger partial charge in [0.1, 0.15) is 12.2 Å². The van der Waals surface area contributed by atoms with Crippen LogP contribution in [0.3, 0.4) is 0 Å². The van der Waals surface area contributed by atoms with Gasteiger partial charge < -0.3 is 34.7 Å². The third-order valence-electron chi connectivity index (χ3n) is 8.43. The van der Waals surface area contributed by atoms with Crippen LogP contribution in [0.4, 0.5) is 11.8 Å². The largest absolute Gasteiger partial charge is 0.387 e. The van der Waals surface area contributed by atoms with Crippen molar-refractivity contribution in [2.75, 3.05) is 23.7 Å². The zero-order valence-electron chi connectivity index (χ0n) is 26.7. The number of aryl methyl sites for hydroxylation is 2. The van der Waals surface area contributed by atoms with Crippen LogP contribution in [-0.2, 0) is 24.6 Å². The minimum Gasteiger partial charge on any atom is -0.387 e. The summed E-state index contributed by atoms with van der Waals surface area (Å²) in [6.07, 6.45) is 2.73. The number of fused-ring (bicyclic) bond motifs is 1. The summed E-state index contributed by atoms with van der Waals surface area (Å²) in [6, 6.07) is 20.6. The Labute approximate surface area is 276 Å². The van der Waals surface area contributed by atoms with Gasteiger partial charge in [0, 0.05) is 45.1 Å². The van der Waals surface area contributed by atoms with Crippen molar-refractivity contribution in [3.63, 3.8) is 0 Å². The van der Waals surface area contributed by atoms with Crippen LogP contribution in [0.2, 0.25) is 0 Å². The number of anilines is 2. The maximum Gasteiger partial charge on any atom is 0.258 e. The predicted octanol–water partition coefficient (Wildman–Crippen LogP) is 3.79. The molecule has 7 rings (SSSR count). The Morgan fingerprint density at radius 3 is 2.31 bits per heavy atom. The van der Waals surface area contributed by atoms with E-state index in [0.717, 1.165) is 23.2 Å². The summed E-state index contributed by atoms with van der Waals surface area (Å²) in [5.74, 6) is 1.54. The minimum atomic E-state index is -1.32. The summed E-state index contributed by atoms with van der Waals surface area (Å²) in [5, 5.41) is 33.0. The third kappa shape index (κ3) is 6.50. The molecule has 0 radical (unpaired) electrons. The van der Waals surface area contributed by atoms with E-state index < -0.39 is 24.5 Å². The maximum absolute atomic E-state index is 11.2. The van der Waals surface area contributed by atoms with Gasteiger partial charge in [0.05, 0.1) is 18.3 Å². The Balaban J connectivity index is 1.20. The lowest BCUT2D eigenvalue weighted by Gasteiger charge is -2.20. The van der Waals surface area contributed by atoms with E-state index in [4.69, 9.17) is 19.2 Å². The maximum atomic E-state index is 11.2. The van der Waals surface area contributed by atoms with Crippen LogP contribution in [0.25, 0.3) is 11.2 Å². The highest BCUT2D eigenvalue weighted by Gasteiger charge is 2.47. The second kappa shape index (κ2) is 13.9. The zero-order chi connectivity index (χ0) is 33.0. The first-order valence-corrected chi connectivity index (χ1v) is 16.1. The van der Waals surface area contributed by atoms with Crippen LogP contribution in [0, 0.1) is 0 Å². The van der Waals surface area contributed by atoms with E-state index in [2.05, 4.69) is 55.0 Å². The van der Waals surface area contributed by atoms with E-state index in [1.54, 1.807) is 10.9 Å². The highest BCUT2D eigenvalue weighted by atomic mass is 16.6. The SMILES string of the molecule is CCCc1noc([C@H]2O[C@@H](n3cnc4c(NCC(c5ccccc5)c5ccccc5)nc(NCCc5cn(C)cn5)nc43)[C@H](O)[C@@H]2O)n1. The van der Waals surface area contributed by atoms with E-state index in [9.17, 15) is 10.2 Å². The quantitative estimate of drug-likeness (QED) is 0.143. The average molecular weight is 651 g/mol. The second-order valence-corrected chi connectivity index (χ2v) is 11.9. The molecule has 4 N–H and O–H groups in total. The Bertz CT molecular complexity index is 1900. The summed E-state index contributed by atoms with van der Waals surface area (Å²) < 4.78 is 15.1. The number of ether oxygens (including phenoxy) is 1. The molecule has 0 saturated carbocycles. The van der Waals surface area contributed by atoms with Crippen LogP contribution >= 0.6 is 0 Å². The fraction of sp³-hybridized carbons (Fsp3) is 0.353. The molecule has 0 bridgehead atoms. The molecule has 6 aromatic rings. The first-order chi connectivity index (χ1) is 23.5. The molecular weight excluding hydrogens is 612 g/mol. The third-order valence-corrected chi connectivity index (χ3v) is 8.43. The number of aliphatic hydroxyl groups excluding tert-OH is 2. The van der Waals surface area contributed by atoms with Gasteiger partial charge in [0.15, 0.2) is 35.1 Å². The van der Waals surface area contributed by atoms with Crippen LogP contribution < -0.4 is 10.6 Å². The number of imidazole rings is 2. The van der Waals surface area contributed by atoms with Gasteiger partial charge in [-0.15, -0.1) is 0 Å². The Morgan fingerprint density at radius 2 is 1.62 bits per heavy atom. The van der Waals surface area contributed by atoms with Gasteiger partial charge in [-0.3, -0.25) is 4.57 Å². The minimum absolute atomic E-state index is 0.0305. The molecule has 1 aliphatic heterocycles. The summed E-state index contributed by atoms with van der Waals surface area (Å²) in [4.78, 5) is 23.1. The summed E-state index contributed by atoms with van der Waals surface area (Å²) in [6.45, 7) is 3.07. The lowest BCUT2D eigenvalue weighted by Crippen LogP contribution is -2.29. The van der Waals surface area contributed by atoms with Gasteiger partial charge in [0.25, 0.3) is 5.89 Å². The van der Waals surface area contributed by atoms with Gasteiger partial charge >= 0.3 is 0 Å². The Kier molecular flexibility index (Phi) is 9.09. The van der Waals surface area contributed by atoms with Crippen molar-refractivity contribution >= 4 is 22.9 Å². The standard InChI is InChI=1S/C34H38N10O4/c1-3-10-25-39-32(48-42-25)29-27(45)28(46)33(47-29)44-20-38-26-30(40-34(41-31(26)44)35-16-15-23-18-43(2)19-37-23)36-17-24(21-11-6-4-7-12-21)22-13-8-5-9-14-22/h4-9,11-14,18-20,24,27-29,33,45-46H,3,10,15-17H2,1-2H3,(H2,35,36,40,41)/t27-,28+,29-,33+/m0/s1. The van der Waals surface area contributed by atoms with E-state index in [-0.39, 0.29) is 11.8 Å². The fourth-order valence-electron chi connectivity index (χ4n) is 6.00. The molecule has 2 aromatic carbocycles. The molecule has 5 heterocycles. The number of hydrogen-bond acceptors (Lipinski definition) is 12. The highest BCUT2D eigenvalue weighted by Crippen LogP contribution is 2.40. The number of benzene rings is 2. The normalized spacial score (nSPS) is 19.4. The first-order valence-electron chi connectivity index (χ1n) is 16.1. The van der Waals surface area contributed by atoms with Crippen molar-refractivity contribution in [2.45, 2.75) is 56.6 Å². The fourth-order valence-corrected chi connectivity index (χ4v) is 6.00. The summed E-state index contributed by atoms with van der Waals surface area (Å²) in [7, 11) is 1.93. The molecule has 0 amide bonds. The first kappa shape index (κ1) is 31.4. The lowest BCUT2D eigenvalue weighted by molar-refractivity contribution is -0.0451. The lowest BCUT2D eigenvalue weighted by atomic mass is 9.91. The molecule has 14 heteroatoms. The van der Waals surface area contributed by atoms with Crippen molar-refractivity contribution in [3.8, 4) is 0 Å². The van der Waals surface area contributed by atoms with Gasteiger partial charge in [-0.05, 0) is 17.5 Å². The van der Waals surface area contributed by atoms with Gasteiger partial charge in [-0.2, -0.15) is 15.0 Å². The Hall–Kier alpha value is -5.18. The average Bonchev–Trinajstić information content (AvgIpc) is 3.90. The smallest absolute Gasteiger partial charge is 0.258 e. The monoisotopic (exact) mass is 650 g/mol. The van der Waals surface area contributed by atoms with Crippen molar-refractivity contribution < 1.29 is 19.5 Å². The number of rotatable bonds is 13. The number of aromatic nitrogens is 8. The topological polar surface area (TPSA) is 174 Å². The molecule has 14 nitrogen and oxygen atoms in total. The summed E-state index contributed by atoms with van der Waals surface area (Å²) in [5.41, 5.74) is 4.16. The van der Waals surface area contributed by atoms with Crippen molar-refractivity contribution in [1.82, 2.24) is 39.2 Å². The number of nitrogens with zero attached hydrogens (tertiary/aromatic N) is 8. The molecule has 1 fully saturated rings. The molecule has 4 aromatic heterocycles. The molecule has 1 saturated heterocycles. The number of hydrogen-bond donors (Lipinski definition) is 4. The van der Waals surface area contributed by atoms with Crippen LogP contribution in [0.15, 0.2) is 84.0 Å². The molecule has 0 aliphatic carbocycles. The number of aliphatic hydroxyl groups is 2. The van der Waals surface area contributed by atoms with Crippen molar-refractivity contribution in [3.05, 3.63) is 108 Å². The second-order valence-electron chi connectivity index (χ2n) is 11.9. The van der Waals surface area contributed by atoms with Crippen LogP contribution in [0.1, 0.15) is 60.1 Å².